The van der Waals surface area contributed by atoms with Gasteiger partial charge in [-0.05, 0) is 62.5 Å². The Morgan fingerprint density at radius 2 is 1.88 bits per heavy atom. The monoisotopic (exact) mass is 346 g/mol. The van der Waals surface area contributed by atoms with Crippen molar-refractivity contribution in [1.29, 1.82) is 0 Å². The molecule has 1 aromatic rings. The minimum absolute atomic E-state index is 0.0106. The summed E-state index contributed by atoms with van der Waals surface area (Å²) in [7, 11) is 0. The quantitative estimate of drug-likeness (QED) is 0.525. The van der Waals surface area contributed by atoms with Gasteiger partial charge in [0.1, 0.15) is 6.10 Å². The number of allylic oxidation sites excluding steroid dienone is 2. The Labute approximate surface area is 147 Å². The molecule has 1 unspecified atom stereocenters. The summed E-state index contributed by atoms with van der Waals surface area (Å²) in [6.45, 7) is 3.94. The van der Waals surface area contributed by atoms with Crippen LogP contribution in [0.5, 0.6) is 0 Å². The maximum absolute atomic E-state index is 13.9. The van der Waals surface area contributed by atoms with Crippen molar-refractivity contribution in [3.05, 3.63) is 53.6 Å². The number of carbonyl (C=O) groups is 1. The van der Waals surface area contributed by atoms with Crippen molar-refractivity contribution in [3.8, 4) is 0 Å². The van der Waals surface area contributed by atoms with Gasteiger partial charge in [-0.2, -0.15) is 0 Å². The molecule has 0 N–H and O–H groups in total. The van der Waals surface area contributed by atoms with Crippen molar-refractivity contribution in [3.63, 3.8) is 0 Å². The Hall–Kier alpha value is -1.97. The molecule has 2 nitrogen and oxygen atoms in total. The van der Waals surface area contributed by atoms with Gasteiger partial charge in [-0.15, -0.1) is 0 Å². The first kappa shape index (κ1) is 17.8. The zero-order chi connectivity index (χ0) is 17.8. The lowest BCUT2D eigenvalue weighted by Crippen LogP contribution is -2.24. The highest BCUT2D eigenvalue weighted by Crippen LogP contribution is 2.35. The molecule has 0 aromatic heterocycles. The molecule has 134 valence electrons. The molecule has 25 heavy (non-hydrogen) atoms. The Morgan fingerprint density at radius 3 is 2.56 bits per heavy atom. The highest BCUT2D eigenvalue weighted by molar-refractivity contribution is 5.88. The van der Waals surface area contributed by atoms with E-state index in [2.05, 4.69) is 6.58 Å². The molecule has 0 radical (unpaired) electrons. The smallest absolute Gasteiger partial charge is 0.333 e. The first-order valence-electron chi connectivity index (χ1n) is 9.09. The fourth-order valence-electron chi connectivity index (χ4n) is 3.72. The average molecular weight is 346 g/mol. The number of rotatable bonds is 4. The molecule has 4 heteroatoms. The zero-order valence-electron chi connectivity index (χ0n) is 14.4. The van der Waals surface area contributed by atoms with Gasteiger partial charge >= 0.3 is 5.97 Å². The van der Waals surface area contributed by atoms with Gasteiger partial charge in [0.15, 0.2) is 11.6 Å². The van der Waals surface area contributed by atoms with Gasteiger partial charge in [-0.3, -0.25) is 0 Å². The summed E-state index contributed by atoms with van der Waals surface area (Å²) in [5.74, 6) is -1.93. The number of hydrogen-bond acceptors (Lipinski definition) is 2. The topological polar surface area (TPSA) is 26.3 Å². The number of halogens is 2. The third-order valence-corrected chi connectivity index (χ3v) is 5.29. The second kappa shape index (κ2) is 7.94. The first-order chi connectivity index (χ1) is 12.1. The summed E-state index contributed by atoms with van der Waals surface area (Å²) in [5.41, 5.74) is 1.61. The Bertz CT molecular complexity index is 687. The lowest BCUT2D eigenvalue weighted by Gasteiger charge is -2.26. The average Bonchev–Trinajstić information content (AvgIpc) is 2.64. The van der Waals surface area contributed by atoms with Crippen molar-refractivity contribution in [2.24, 2.45) is 5.92 Å². The molecule has 3 rings (SSSR count). The van der Waals surface area contributed by atoms with Gasteiger partial charge in [-0.1, -0.05) is 31.2 Å². The highest BCUT2D eigenvalue weighted by atomic mass is 19.2. The predicted octanol–water partition coefficient (Wildman–Crippen LogP) is 5.58. The third kappa shape index (κ3) is 4.17. The fraction of sp³-hybridized carbons (Fsp3) is 0.476. The Balaban J connectivity index is 1.60. The van der Waals surface area contributed by atoms with Crippen LogP contribution in [-0.2, 0) is 9.53 Å². The molecular formula is C21H24F2O2. The van der Waals surface area contributed by atoms with E-state index in [1.807, 2.05) is 6.08 Å². The van der Waals surface area contributed by atoms with Crippen LogP contribution in [0.3, 0.4) is 0 Å². The summed E-state index contributed by atoms with van der Waals surface area (Å²) in [5, 5.41) is 0. The Kier molecular flexibility index (Phi) is 5.67. The summed E-state index contributed by atoms with van der Waals surface area (Å²) < 4.78 is 32.9. The van der Waals surface area contributed by atoms with Crippen molar-refractivity contribution >= 4 is 11.5 Å². The molecule has 1 atom stereocenters. The Morgan fingerprint density at radius 1 is 1.12 bits per heavy atom. The summed E-state index contributed by atoms with van der Waals surface area (Å²) in [6, 6.07) is 4.23. The van der Waals surface area contributed by atoms with E-state index in [4.69, 9.17) is 4.74 Å². The summed E-state index contributed by atoms with van der Waals surface area (Å²) in [6.07, 6.45) is 9.11. The lowest BCUT2D eigenvalue weighted by molar-refractivity contribution is -0.146. The lowest BCUT2D eigenvalue weighted by atomic mass is 9.82. The zero-order valence-corrected chi connectivity index (χ0v) is 14.4. The molecule has 1 saturated carbocycles. The maximum atomic E-state index is 13.9. The van der Waals surface area contributed by atoms with Crippen LogP contribution in [0.15, 0.2) is 36.4 Å². The largest absolute Gasteiger partial charge is 0.459 e. The third-order valence-electron chi connectivity index (χ3n) is 5.29. The predicted molar refractivity (Wildman–Crippen MR) is 93.8 cm³/mol. The van der Waals surface area contributed by atoms with E-state index in [1.165, 1.54) is 12.5 Å². The molecule has 2 aliphatic rings. The van der Waals surface area contributed by atoms with Crippen LogP contribution in [0, 0.1) is 17.6 Å². The van der Waals surface area contributed by atoms with Crippen LogP contribution in [-0.4, -0.2) is 12.1 Å². The van der Waals surface area contributed by atoms with Gasteiger partial charge in [-0.25, -0.2) is 13.6 Å². The van der Waals surface area contributed by atoms with Crippen molar-refractivity contribution in [1.82, 2.24) is 0 Å². The second-order valence-electron chi connectivity index (χ2n) is 6.99. The number of benzene rings is 1. The molecule has 1 aromatic carbocycles. The molecule has 0 amide bonds. The molecule has 1 fully saturated rings. The van der Waals surface area contributed by atoms with Gasteiger partial charge in [0, 0.05) is 11.1 Å². The second-order valence-corrected chi connectivity index (χ2v) is 6.99. The van der Waals surface area contributed by atoms with Crippen molar-refractivity contribution < 1.29 is 18.3 Å². The van der Waals surface area contributed by atoms with E-state index in [9.17, 15) is 13.6 Å². The normalized spacial score (nSPS) is 21.5. The molecule has 0 bridgehead atoms. The van der Waals surface area contributed by atoms with Crippen LogP contribution in [0.4, 0.5) is 8.78 Å². The van der Waals surface area contributed by atoms with E-state index in [-0.39, 0.29) is 18.0 Å². The fourth-order valence-corrected chi connectivity index (χ4v) is 3.72. The van der Waals surface area contributed by atoms with Gasteiger partial charge in [0.25, 0.3) is 0 Å². The number of esters is 1. The molecule has 0 spiro atoms. The van der Waals surface area contributed by atoms with Crippen LogP contribution >= 0.6 is 0 Å². The minimum Gasteiger partial charge on any atom is -0.459 e. The van der Waals surface area contributed by atoms with Gasteiger partial charge in [0.05, 0.1) is 0 Å². The maximum Gasteiger partial charge on any atom is 0.333 e. The minimum atomic E-state index is -0.832. The van der Waals surface area contributed by atoms with E-state index >= 15 is 0 Å². The molecular weight excluding hydrogens is 322 g/mol. The van der Waals surface area contributed by atoms with Crippen LogP contribution in [0.2, 0.25) is 0 Å². The number of ether oxygens (including phenoxy) is 1. The van der Waals surface area contributed by atoms with E-state index in [0.29, 0.717) is 30.4 Å². The SMILES string of the molecule is C=C(C(=O)OC1CCCCC1)C1CC=C(c2cccc(F)c2F)CC1. The van der Waals surface area contributed by atoms with Crippen molar-refractivity contribution in [2.75, 3.05) is 0 Å². The highest BCUT2D eigenvalue weighted by Gasteiger charge is 2.26. The van der Waals surface area contributed by atoms with Crippen LogP contribution < -0.4 is 0 Å². The van der Waals surface area contributed by atoms with Gasteiger partial charge < -0.3 is 4.74 Å². The van der Waals surface area contributed by atoms with E-state index in [1.54, 1.807) is 6.07 Å². The standard InChI is InChI=1S/C21H24F2O2/c1-14(21(24)25-17-6-3-2-4-7-17)15-10-12-16(13-11-15)18-8-5-9-19(22)20(18)23/h5,8-9,12,15,17H,1-4,6-7,10-11,13H2. The molecule has 0 aliphatic heterocycles. The van der Waals surface area contributed by atoms with E-state index in [0.717, 1.165) is 37.3 Å². The first-order valence-corrected chi connectivity index (χ1v) is 9.09. The summed E-state index contributed by atoms with van der Waals surface area (Å²) in [4.78, 5) is 12.3. The van der Waals surface area contributed by atoms with Crippen LogP contribution in [0.1, 0.15) is 56.9 Å². The molecule has 2 aliphatic carbocycles. The molecule has 0 saturated heterocycles. The van der Waals surface area contributed by atoms with Crippen LogP contribution in [0.25, 0.3) is 5.57 Å². The summed E-state index contributed by atoms with van der Waals surface area (Å²) >= 11 is 0. The molecule has 0 heterocycles. The number of hydrogen-bond donors (Lipinski definition) is 0. The van der Waals surface area contributed by atoms with E-state index < -0.39 is 11.6 Å². The number of carbonyl (C=O) groups excluding carboxylic acids is 1. The van der Waals surface area contributed by atoms with Crippen molar-refractivity contribution in [2.45, 2.75) is 57.5 Å². The van der Waals surface area contributed by atoms with Gasteiger partial charge in [0.2, 0.25) is 0 Å².